The van der Waals surface area contributed by atoms with Crippen LogP contribution in [0.4, 0.5) is 0 Å². The number of halogens is 1. The second-order valence-electron chi connectivity index (χ2n) is 5.01. The minimum absolute atomic E-state index is 0. The van der Waals surface area contributed by atoms with Gasteiger partial charge in [-0.25, -0.2) is 0 Å². The van der Waals surface area contributed by atoms with E-state index in [-0.39, 0.29) is 24.0 Å². The zero-order chi connectivity index (χ0) is 7.71. The third kappa shape index (κ3) is 11.5. The fourth-order valence-corrected chi connectivity index (χ4v) is 1.42. The normalized spacial score (nSPS) is 12.6. The van der Waals surface area contributed by atoms with E-state index in [9.17, 15) is 0 Å². The molecule has 0 aromatic heterocycles. The summed E-state index contributed by atoms with van der Waals surface area (Å²) in [5.74, 6) is 0. The molecule has 0 aliphatic heterocycles. The van der Waals surface area contributed by atoms with E-state index in [0.717, 1.165) is 4.48 Å². The van der Waals surface area contributed by atoms with Gasteiger partial charge in [-0.2, -0.15) is 0 Å². The molecule has 0 N–H and O–H groups in total. The first kappa shape index (κ1) is 13.3. The first-order valence-corrected chi connectivity index (χ1v) is 3.51. The van der Waals surface area contributed by atoms with Crippen LogP contribution in [0.25, 0.3) is 0 Å². The van der Waals surface area contributed by atoms with Crippen molar-refractivity contribution in [2.75, 3.05) is 27.7 Å². The molecule has 0 amide bonds. The monoisotopic (exact) mass is 257 g/mol. The fraction of sp³-hybridized carbons (Fsp3) is 1.00. The Kier molecular flexibility index (Phi) is 5.19. The SMILES string of the molecule is CC(C)(C)C[N+](C)(C)C.[I-]. The zero-order valence-corrected chi connectivity index (χ0v) is 10.2. The molecule has 0 saturated carbocycles. The van der Waals surface area contributed by atoms with Crippen molar-refractivity contribution >= 4 is 0 Å². The van der Waals surface area contributed by atoms with Gasteiger partial charge >= 0.3 is 0 Å². The lowest BCUT2D eigenvalue weighted by Gasteiger charge is -2.31. The molecular weight excluding hydrogens is 237 g/mol. The van der Waals surface area contributed by atoms with Gasteiger partial charge in [0.15, 0.2) is 0 Å². The van der Waals surface area contributed by atoms with Crippen molar-refractivity contribution < 1.29 is 28.5 Å². The van der Waals surface area contributed by atoms with Crippen molar-refractivity contribution in [2.45, 2.75) is 20.8 Å². The number of quaternary nitrogens is 1. The topological polar surface area (TPSA) is 0 Å². The summed E-state index contributed by atoms with van der Waals surface area (Å²) in [5, 5.41) is 0. The summed E-state index contributed by atoms with van der Waals surface area (Å²) in [7, 11) is 6.68. The first-order chi connectivity index (χ1) is 3.71. The van der Waals surface area contributed by atoms with Crippen molar-refractivity contribution in [1.82, 2.24) is 0 Å². The molecule has 10 heavy (non-hydrogen) atoms. The third-order valence-electron chi connectivity index (χ3n) is 0.949. The summed E-state index contributed by atoms with van der Waals surface area (Å²) in [6, 6.07) is 0. The summed E-state index contributed by atoms with van der Waals surface area (Å²) >= 11 is 0. The summed E-state index contributed by atoms with van der Waals surface area (Å²) in [5.41, 5.74) is 0.457. The average Bonchev–Trinajstić information content (AvgIpc) is 1.14. The lowest BCUT2D eigenvalue weighted by molar-refractivity contribution is -0.876. The second-order valence-corrected chi connectivity index (χ2v) is 5.01. The molecule has 0 aliphatic rings. The number of hydrogen-bond donors (Lipinski definition) is 0. The maximum Gasteiger partial charge on any atom is 0.0829 e. The molecule has 0 spiro atoms. The van der Waals surface area contributed by atoms with Crippen LogP contribution in [-0.4, -0.2) is 32.2 Å². The highest BCUT2D eigenvalue weighted by molar-refractivity contribution is 4.58. The largest absolute Gasteiger partial charge is 1.00 e. The second kappa shape index (κ2) is 3.90. The highest BCUT2D eigenvalue weighted by Crippen LogP contribution is 2.15. The highest BCUT2D eigenvalue weighted by Gasteiger charge is 2.19. The zero-order valence-electron chi connectivity index (χ0n) is 8.03. The third-order valence-corrected chi connectivity index (χ3v) is 0.949. The van der Waals surface area contributed by atoms with E-state index in [1.54, 1.807) is 0 Å². The van der Waals surface area contributed by atoms with E-state index in [1.807, 2.05) is 0 Å². The lowest BCUT2D eigenvalue weighted by Crippen LogP contribution is -3.00. The Morgan fingerprint density at radius 2 is 1.30 bits per heavy atom. The van der Waals surface area contributed by atoms with E-state index in [4.69, 9.17) is 0 Å². The number of nitrogens with zero attached hydrogens (tertiary/aromatic N) is 1. The molecule has 0 unspecified atom stereocenters. The number of rotatable bonds is 1. The summed E-state index contributed by atoms with van der Waals surface area (Å²) < 4.78 is 1.06. The van der Waals surface area contributed by atoms with Crippen LogP contribution < -0.4 is 24.0 Å². The van der Waals surface area contributed by atoms with Crippen LogP contribution in [0.5, 0.6) is 0 Å². The van der Waals surface area contributed by atoms with Crippen LogP contribution in [0, 0.1) is 5.41 Å². The molecule has 0 aliphatic carbocycles. The van der Waals surface area contributed by atoms with E-state index in [1.165, 1.54) is 6.54 Å². The summed E-state index contributed by atoms with van der Waals surface area (Å²) in [6.45, 7) is 8.05. The maximum absolute atomic E-state index is 2.27. The molecular formula is C8H20IN. The molecule has 0 saturated heterocycles. The molecule has 1 nitrogen and oxygen atoms in total. The molecule has 0 aromatic carbocycles. The van der Waals surface area contributed by atoms with E-state index in [2.05, 4.69) is 41.9 Å². The molecule has 64 valence electrons. The Morgan fingerprint density at radius 3 is 1.30 bits per heavy atom. The van der Waals surface area contributed by atoms with Crippen LogP contribution in [0.3, 0.4) is 0 Å². The smallest absolute Gasteiger partial charge is 0.0829 e. The van der Waals surface area contributed by atoms with Gasteiger partial charge in [-0.1, -0.05) is 20.8 Å². The van der Waals surface area contributed by atoms with Gasteiger partial charge in [0.1, 0.15) is 0 Å². The van der Waals surface area contributed by atoms with Gasteiger partial charge in [-0.05, 0) is 0 Å². The Labute approximate surface area is 82.4 Å². The van der Waals surface area contributed by atoms with Crippen molar-refractivity contribution in [1.29, 1.82) is 0 Å². The molecule has 0 bridgehead atoms. The predicted octanol–water partition coefficient (Wildman–Crippen LogP) is -1.26. The molecule has 2 heteroatoms. The Bertz CT molecular complexity index is 74.4. The Balaban J connectivity index is 0. The Morgan fingerprint density at radius 1 is 1.00 bits per heavy atom. The van der Waals surface area contributed by atoms with Gasteiger partial charge in [0.2, 0.25) is 0 Å². The molecule has 0 rings (SSSR count). The molecule has 0 heterocycles. The van der Waals surface area contributed by atoms with Gasteiger partial charge in [-0.15, -0.1) is 0 Å². The van der Waals surface area contributed by atoms with Crippen molar-refractivity contribution in [3.8, 4) is 0 Å². The van der Waals surface area contributed by atoms with E-state index < -0.39 is 0 Å². The van der Waals surface area contributed by atoms with Crippen LogP contribution in [0.2, 0.25) is 0 Å². The van der Waals surface area contributed by atoms with Crippen LogP contribution in [0.15, 0.2) is 0 Å². The highest BCUT2D eigenvalue weighted by atomic mass is 127. The van der Waals surface area contributed by atoms with Gasteiger partial charge in [0.25, 0.3) is 0 Å². The fourth-order valence-electron chi connectivity index (χ4n) is 1.42. The van der Waals surface area contributed by atoms with Crippen LogP contribution >= 0.6 is 0 Å². The molecule has 0 atom stereocenters. The van der Waals surface area contributed by atoms with Crippen LogP contribution in [-0.2, 0) is 0 Å². The van der Waals surface area contributed by atoms with Crippen molar-refractivity contribution in [3.05, 3.63) is 0 Å². The Hall–Kier alpha value is 0.690. The van der Waals surface area contributed by atoms with Crippen LogP contribution in [0.1, 0.15) is 20.8 Å². The average molecular weight is 257 g/mol. The molecule has 0 radical (unpaired) electrons. The minimum Gasteiger partial charge on any atom is -1.00 e. The van der Waals surface area contributed by atoms with E-state index in [0.29, 0.717) is 5.41 Å². The standard InChI is InChI=1S/C8H20N.HI/c1-8(2,3)7-9(4,5)6;/h7H2,1-6H3;1H/q+1;/p-1. The van der Waals surface area contributed by atoms with Gasteiger partial charge in [0.05, 0.1) is 27.7 Å². The summed E-state index contributed by atoms with van der Waals surface area (Å²) in [6.07, 6.45) is 0. The molecule has 0 fully saturated rings. The predicted molar refractivity (Wildman–Crippen MR) is 42.4 cm³/mol. The van der Waals surface area contributed by atoms with Gasteiger partial charge in [-0.3, -0.25) is 0 Å². The van der Waals surface area contributed by atoms with Gasteiger partial charge in [0, 0.05) is 5.41 Å². The summed E-state index contributed by atoms with van der Waals surface area (Å²) in [4.78, 5) is 0. The van der Waals surface area contributed by atoms with Crippen molar-refractivity contribution in [2.24, 2.45) is 5.41 Å². The molecule has 0 aromatic rings. The van der Waals surface area contributed by atoms with Gasteiger partial charge < -0.3 is 28.5 Å². The lowest BCUT2D eigenvalue weighted by atomic mass is 9.96. The van der Waals surface area contributed by atoms with E-state index >= 15 is 0 Å². The quantitative estimate of drug-likeness (QED) is 0.406. The minimum atomic E-state index is 0. The van der Waals surface area contributed by atoms with Crippen molar-refractivity contribution in [3.63, 3.8) is 0 Å². The first-order valence-electron chi connectivity index (χ1n) is 3.51. The number of hydrogen-bond acceptors (Lipinski definition) is 0. The maximum atomic E-state index is 2.27.